The maximum Gasteiger partial charge on any atom is 0.322 e. The summed E-state index contributed by atoms with van der Waals surface area (Å²) in [6.45, 7) is 1.79. The highest BCUT2D eigenvalue weighted by Gasteiger charge is 2.16. The summed E-state index contributed by atoms with van der Waals surface area (Å²) in [5, 5.41) is 19.9. The van der Waals surface area contributed by atoms with E-state index in [0.29, 0.717) is 18.6 Å². The van der Waals surface area contributed by atoms with Gasteiger partial charge in [0.2, 0.25) is 5.91 Å². The van der Waals surface area contributed by atoms with Gasteiger partial charge in [0.05, 0.1) is 6.04 Å². The molecule has 186 valence electrons. The second-order valence-electron chi connectivity index (χ2n) is 8.27. The van der Waals surface area contributed by atoms with Gasteiger partial charge in [-0.1, -0.05) is 76.9 Å². The Morgan fingerprint density at radius 3 is 2.06 bits per heavy atom. The quantitative estimate of drug-likeness (QED) is 0.132. The van der Waals surface area contributed by atoms with Crippen LogP contribution in [-0.4, -0.2) is 51.6 Å². The molecule has 0 heterocycles. The Bertz CT molecular complexity index is 542. The number of thioether (sulfide) groups is 1. The zero-order valence-electron chi connectivity index (χ0n) is 19.7. The zero-order valence-corrected chi connectivity index (χ0v) is 20.5. The first-order valence-electron chi connectivity index (χ1n) is 12.1. The number of amides is 1. The third-order valence-corrected chi connectivity index (χ3v) is 6.57. The van der Waals surface area contributed by atoms with Gasteiger partial charge in [0.1, 0.15) is 6.54 Å². The molecular weight excluding hydrogens is 428 g/mol. The van der Waals surface area contributed by atoms with E-state index in [1.807, 2.05) is 0 Å². The fourth-order valence-corrected chi connectivity index (χ4v) is 4.45. The van der Waals surface area contributed by atoms with Gasteiger partial charge in [-0.05, 0) is 25.7 Å². The van der Waals surface area contributed by atoms with E-state index in [4.69, 9.17) is 15.9 Å². The Morgan fingerprint density at radius 1 is 0.906 bits per heavy atom. The Kier molecular flexibility index (Phi) is 20.3. The molecule has 0 saturated heterocycles. The first-order chi connectivity index (χ1) is 15.4. The largest absolute Gasteiger partial charge is 0.481 e. The van der Waals surface area contributed by atoms with Gasteiger partial charge in [0.25, 0.3) is 0 Å². The fourth-order valence-electron chi connectivity index (χ4n) is 3.28. The van der Waals surface area contributed by atoms with E-state index in [0.717, 1.165) is 12.8 Å². The number of carboxylic acids is 2. The Morgan fingerprint density at radius 2 is 1.50 bits per heavy atom. The van der Waals surface area contributed by atoms with Gasteiger partial charge in [-0.3, -0.25) is 14.4 Å². The molecule has 32 heavy (non-hydrogen) atoms. The minimum absolute atomic E-state index is 0.0933. The lowest BCUT2D eigenvalue weighted by Crippen LogP contribution is -2.44. The number of nitrogens with two attached hydrogens (primary N) is 1. The Labute approximate surface area is 198 Å². The highest BCUT2D eigenvalue weighted by molar-refractivity contribution is 8.00. The van der Waals surface area contributed by atoms with Gasteiger partial charge in [-0.2, -0.15) is 11.8 Å². The molecule has 0 aliphatic rings. The van der Waals surface area contributed by atoms with Crippen molar-refractivity contribution in [2.45, 2.75) is 108 Å². The van der Waals surface area contributed by atoms with Gasteiger partial charge < -0.3 is 21.3 Å². The van der Waals surface area contributed by atoms with Crippen molar-refractivity contribution in [2.24, 2.45) is 5.73 Å². The van der Waals surface area contributed by atoms with Crippen molar-refractivity contribution in [1.82, 2.24) is 5.32 Å². The number of aliphatic carboxylic acids is 2. The van der Waals surface area contributed by atoms with E-state index in [1.165, 1.54) is 69.5 Å². The number of hydrogen-bond donors (Lipinski definition) is 4. The average Bonchev–Trinajstić information content (AvgIpc) is 2.75. The summed E-state index contributed by atoms with van der Waals surface area (Å²) in [7, 11) is 0. The van der Waals surface area contributed by atoms with Crippen LogP contribution in [-0.2, 0) is 14.4 Å². The summed E-state index contributed by atoms with van der Waals surface area (Å²) in [5.41, 5.74) is 5.85. The summed E-state index contributed by atoms with van der Waals surface area (Å²) in [6, 6.07) is -0.795. The summed E-state index contributed by atoms with van der Waals surface area (Å²) >= 11 is 1.51. The van der Waals surface area contributed by atoms with Crippen molar-refractivity contribution in [3.63, 3.8) is 0 Å². The van der Waals surface area contributed by atoms with Crippen molar-refractivity contribution in [3.8, 4) is 0 Å². The standard InChI is InChI=1S/C24H44N2O5S/c1-2-3-4-5-6-7-8-9-10-11-12-13-15-20(16-14-17-22(27)28)32-19-21(25)24(31)26-18-23(29)30/h13,15,20-21H,2-12,14,16-19,25H2,1H3,(H,26,31)(H,27,28)(H,29,30)/b15-13-. The lowest BCUT2D eigenvalue weighted by atomic mass is 10.1. The molecule has 0 aliphatic carbocycles. The lowest BCUT2D eigenvalue weighted by Gasteiger charge is -2.16. The molecule has 0 radical (unpaired) electrons. The van der Waals surface area contributed by atoms with Crippen LogP contribution in [0.4, 0.5) is 0 Å². The number of allylic oxidation sites excluding steroid dienone is 1. The van der Waals surface area contributed by atoms with E-state index in [1.54, 1.807) is 0 Å². The van der Waals surface area contributed by atoms with Crippen LogP contribution in [0, 0.1) is 0 Å². The second-order valence-corrected chi connectivity index (χ2v) is 9.55. The third kappa shape index (κ3) is 20.4. The van der Waals surface area contributed by atoms with Gasteiger partial charge >= 0.3 is 11.9 Å². The molecule has 0 fully saturated rings. The number of unbranched alkanes of at least 4 members (excludes halogenated alkanes) is 10. The maximum atomic E-state index is 11.8. The van der Waals surface area contributed by atoms with Crippen LogP contribution >= 0.6 is 11.8 Å². The molecule has 2 unspecified atom stereocenters. The first kappa shape index (κ1) is 30.5. The molecular formula is C24H44N2O5S. The molecule has 0 aromatic carbocycles. The lowest BCUT2D eigenvalue weighted by molar-refractivity contribution is -0.138. The maximum absolute atomic E-state index is 11.8. The summed E-state index contributed by atoms with van der Waals surface area (Å²) in [5.74, 6) is -2.06. The molecule has 0 aliphatic heterocycles. The molecule has 2 atom stereocenters. The summed E-state index contributed by atoms with van der Waals surface area (Å²) < 4.78 is 0. The van der Waals surface area contributed by atoms with Crippen molar-refractivity contribution in [3.05, 3.63) is 12.2 Å². The highest BCUT2D eigenvalue weighted by Crippen LogP contribution is 2.20. The minimum Gasteiger partial charge on any atom is -0.481 e. The highest BCUT2D eigenvalue weighted by atomic mass is 32.2. The molecule has 7 nitrogen and oxygen atoms in total. The number of carbonyl (C=O) groups is 3. The van der Waals surface area contributed by atoms with Crippen LogP contribution in [0.2, 0.25) is 0 Å². The predicted octanol–water partition coefficient (Wildman–Crippen LogP) is 4.74. The third-order valence-electron chi connectivity index (χ3n) is 5.19. The number of rotatable bonds is 22. The van der Waals surface area contributed by atoms with Crippen LogP contribution < -0.4 is 11.1 Å². The topological polar surface area (TPSA) is 130 Å². The summed E-state index contributed by atoms with van der Waals surface area (Å²) in [6.07, 6.45) is 19.7. The number of nitrogens with one attached hydrogen (secondary N) is 1. The molecule has 0 spiro atoms. The van der Waals surface area contributed by atoms with Crippen molar-refractivity contribution in [1.29, 1.82) is 0 Å². The van der Waals surface area contributed by atoms with Crippen LogP contribution in [0.15, 0.2) is 12.2 Å². The van der Waals surface area contributed by atoms with Crippen LogP contribution in [0.25, 0.3) is 0 Å². The van der Waals surface area contributed by atoms with E-state index in [2.05, 4.69) is 24.4 Å². The van der Waals surface area contributed by atoms with E-state index < -0.39 is 30.4 Å². The molecule has 5 N–H and O–H groups in total. The number of hydrogen-bond acceptors (Lipinski definition) is 5. The molecule has 0 aromatic rings. The number of carbonyl (C=O) groups excluding carboxylic acids is 1. The Hall–Kier alpha value is -1.54. The molecule has 0 bridgehead atoms. The molecule has 0 saturated carbocycles. The van der Waals surface area contributed by atoms with Gasteiger partial charge in [-0.25, -0.2) is 0 Å². The van der Waals surface area contributed by atoms with E-state index in [-0.39, 0.29) is 11.7 Å². The second kappa shape index (κ2) is 21.3. The van der Waals surface area contributed by atoms with Crippen LogP contribution in [0.3, 0.4) is 0 Å². The smallest absolute Gasteiger partial charge is 0.322 e. The summed E-state index contributed by atoms with van der Waals surface area (Å²) in [4.78, 5) is 33.2. The monoisotopic (exact) mass is 472 g/mol. The van der Waals surface area contributed by atoms with E-state index >= 15 is 0 Å². The first-order valence-corrected chi connectivity index (χ1v) is 13.2. The number of carboxylic acid groups (broad SMARTS) is 2. The van der Waals surface area contributed by atoms with Crippen molar-refractivity contribution < 1.29 is 24.6 Å². The van der Waals surface area contributed by atoms with Crippen LogP contribution in [0.1, 0.15) is 96.8 Å². The molecule has 1 amide bonds. The van der Waals surface area contributed by atoms with Crippen molar-refractivity contribution >= 4 is 29.6 Å². The van der Waals surface area contributed by atoms with E-state index in [9.17, 15) is 14.4 Å². The zero-order chi connectivity index (χ0) is 24.0. The normalized spacial score (nSPS) is 13.2. The van der Waals surface area contributed by atoms with Gasteiger partial charge in [0, 0.05) is 17.4 Å². The molecule has 0 rings (SSSR count). The molecule has 8 heteroatoms. The molecule has 0 aromatic heterocycles. The SMILES string of the molecule is CCCCCCCCCCCC/C=C\C(CCCC(=O)O)SCC(N)C(=O)NCC(=O)O. The van der Waals surface area contributed by atoms with Crippen molar-refractivity contribution in [2.75, 3.05) is 12.3 Å². The average molecular weight is 473 g/mol. The fraction of sp³-hybridized carbons (Fsp3) is 0.792. The Balaban J connectivity index is 4.14. The van der Waals surface area contributed by atoms with Crippen LogP contribution in [0.5, 0.6) is 0 Å². The van der Waals surface area contributed by atoms with Gasteiger partial charge in [-0.15, -0.1) is 0 Å². The minimum atomic E-state index is -1.11. The van der Waals surface area contributed by atoms with Gasteiger partial charge in [0.15, 0.2) is 0 Å². The predicted molar refractivity (Wildman–Crippen MR) is 132 cm³/mol.